The number of benzene rings is 1. The first kappa shape index (κ1) is 14.9. The zero-order chi connectivity index (χ0) is 14.9. The van der Waals surface area contributed by atoms with Gasteiger partial charge in [0, 0.05) is 7.11 Å². The molecule has 0 N–H and O–H groups in total. The molecule has 5 nitrogen and oxygen atoms in total. The van der Waals surface area contributed by atoms with Crippen LogP contribution in [0.3, 0.4) is 0 Å². The topological polar surface area (TPSA) is 46.2 Å². The minimum absolute atomic E-state index is 0.149. The molecule has 0 bridgehead atoms. The maximum Gasteiger partial charge on any atom is 0.186 e. The lowest BCUT2D eigenvalue weighted by atomic mass is 10.1. The van der Waals surface area contributed by atoms with Crippen molar-refractivity contribution < 1.29 is 23.7 Å². The van der Waals surface area contributed by atoms with Crippen molar-refractivity contribution in [2.45, 2.75) is 50.8 Å². The maximum atomic E-state index is 6.02. The lowest BCUT2D eigenvalue weighted by molar-refractivity contribution is -0.302. The van der Waals surface area contributed by atoms with E-state index in [2.05, 4.69) is 0 Å². The van der Waals surface area contributed by atoms with E-state index in [9.17, 15) is 0 Å². The molecular formula is C16H22O5. The highest BCUT2D eigenvalue weighted by Gasteiger charge is 2.51. The lowest BCUT2D eigenvalue weighted by Gasteiger charge is -2.38. The van der Waals surface area contributed by atoms with Crippen molar-refractivity contribution in [1.82, 2.24) is 0 Å². The molecule has 1 aromatic rings. The molecule has 21 heavy (non-hydrogen) atoms. The van der Waals surface area contributed by atoms with Gasteiger partial charge in [-0.05, 0) is 19.4 Å². The van der Waals surface area contributed by atoms with Gasteiger partial charge in [-0.25, -0.2) is 0 Å². The van der Waals surface area contributed by atoms with Gasteiger partial charge in [-0.1, -0.05) is 30.3 Å². The van der Waals surface area contributed by atoms with Gasteiger partial charge >= 0.3 is 0 Å². The van der Waals surface area contributed by atoms with Crippen LogP contribution in [-0.2, 0) is 30.3 Å². The minimum atomic E-state index is -0.623. The fraction of sp³-hybridized carbons (Fsp3) is 0.625. The summed E-state index contributed by atoms with van der Waals surface area (Å²) in [7, 11) is 1.62. The van der Waals surface area contributed by atoms with Gasteiger partial charge in [0.1, 0.15) is 18.3 Å². The highest BCUT2D eigenvalue weighted by atomic mass is 16.8. The number of hydrogen-bond acceptors (Lipinski definition) is 5. The Morgan fingerprint density at radius 2 is 2.00 bits per heavy atom. The first-order valence-electron chi connectivity index (χ1n) is 7.24. The fourth-order valence-electron chi connectivity index (χ4n) is 2.74. The normalized spacial score (nSPS) is 34.6. The van der Waals surface area contributed by atoms with Crippen LogP contribution >= 0.6 is 0 Å². The second-order valence-corrected chi connectivity index (χ2v) is 5.83. The zero-order valence-corrected chi connectivity index (χ0v) is 12.7. The molecule has 1 aromatic carbocycles. The van der Waals surface area contributed by atoms with Crippen LogP contribution < -0.4 is 0 Å². The van der Waals surface area contributed by atoms with Crippen molar-refractivity contribution in [3.63, 3.8) is 0 Å². The van der Waals surface area contributed by atoms with Crippen molar-refractivity contribution in [3.8, 4) is 0 Å². The van der Waals surface area contributed by atoms with E-state index in [0.717, 1.165) is 5.56 Å². The molecule has 0 saturated carbocycles. The average molecular weight is 294 g/mol. The molecule has 5 heteroatoms. The van der Waals surface area contributed by atoms with Gasteiger partial charge in [0.2, 0.25) is 0 Å². The highest BCUT2D eigenvalue weighted by Crippen LogP contribution is 2.35. The summed E-state index contributed by atoms with van der Waals surface area (Å²) in [5.41, 5.74) is 1.11. The summed E-state index contributed by atoms with van der Waals surface area (Å²) in [6.45, 7) is 4.79. The largest absolute Gasteiger partial charge is 0.365 e. The molecular weight excluding hydrogens is 272 g/mol. The Kier molecular flexibility index (Phi) is 4.28. The van der Waals surface area contributed by atoms with Gasteiger partial charge in [0.05, 0.1) is 13.2 Å². The van der Waals surface area contributed by atoms with Crippen molar-refractivity contribution in [2.75, 3.05) is 13.7 Å². The third-order valence-electron chi connectivity index (χ3n) is 3.80. The van der Waals surface area contributed by atoms with Crippen molar-refractivity contribution in [2.24, 2.45) is 0 Å². The van der Waals surface area contributed by atoms with E-state index in [1.165, 1.54) is 0 Å². The van der Waals surface area contributed by atoms with Gasteiger partial charge in [-0.15, -0.1) is 0 Å². The van der Waals surface area contributed by atoms with Crippen LogP contribution in [0.15, 0.2) is 30.3 Å². The molecule has 2 fully saturated rings. The minimum Gasteiger partial charge on any atom is -0.365 e. The predicted octanol–water partition coefficient (Wildman–Crippen LogP) is 2.09. The number of rotatable bonds is 4. The van der Waals surface area contributed by atoms with Crippen molar-refractivity contribution in [1.29, 1.82) is 0 Å². The maximum absolute atomic E-state index is 6.02. The molecule has 0 amide bonds. The van der Waals surface area contributed by atoms with Crippen molar-refractivity contribution in [3.05, 3.63) is 35.9 Å². The Morgan fingerprint density at radius 1 is 1.24 bits per heavy atom. The number of hydrogen-bond donors (Lipinski definition) is 0. The standard InChI is InChI=1S/C16H22O5/c1-16(2)19-10-12-13(21-16)14(15(17-3)20-12)18-9-11-7-5-4-6-8-11/h4-8,12-15H,9-10H2,1-3H3/t12-,13+,14-,15?/m1/s1. The van der Waals surface area contributed by atoms with E-state index >= 15 is 0 Å². The molecule has 0 aliphatic carbocycles. The first-order valence-corrected chi connectivity index (χ1v) is 7.24. The summed E-state index contributed by atoms with van der Waals surface area (Å²) in [5, 5.41) is 0. The second-order valence-electron chi connectivity index (χ2n) is 5.83. The van der Waals surface area contributed by atoms with Crippen LogP contribution in [0.25, 0.3) is 0 Å². The highest BCUT2D eigenvalue weighted by molar-refractivity contribution is 5.13. The van der Waals surface area contributed by atoms with E-state index in [1.54, 1.807) is 7.11 Å². The molecule has 0 aromatic heterocycles. The Morgan fingerprint density at radius 3 is 2.71 bits per heavy atom. The predicted molar refractivity (Wildman–Crippen MR) is 75.6 cm³/mol. The van der Waals surface area contributed by atoms with Crippen molar-refractivity contribution >= 4 is 0 Å². The molecule has 2 aliphatic rings. The monoisotopic (exact) mass is 294 g/mol. The van der Waals surface area contributed by atoms with Crippen LogP contribution in [0.4, 0.5) is 0 Å². The summed E-state index contributed by atoms with van der Waals surface area (Å²) in [4.78, 5) is 0. The summed E-state index contributed by atoms with van der Waals surface area (Å²) >= 11 is 0. The quantitative estimate of drug-likeness (QED) is 0.851. The third-order valence-corrected chi connectivity index (χ3v) is 3.80. The first-order chi connectivity index (χ1) is 10.1. The van der Waals surface area contributed by atoms with Crippen LogP contribution in [0.2, 0.25) is 0 Å². The Labute approximate surface area is 125 Å². The van der Waals surface area contributed by atoms with Crippen LogP contribution in [0.5, 0.6) is 0 Å². The van der Waals surface area contributed by atoms with Gasteiger partial charge in [0.15, 0.2) is 12.1 Å². The molecule has 2 heterocycles. The summed E-state index contributed by atoms with van der Waals surface area (Å²) in [5.74, 6) is -0.623. The number of methoxy groups -OCH3 is 1. The summed E-state index contributed by atoms with van der Waals surface area (Å²) in [6.07, 6.45) is -1.02. The Balaban J connectivity index is 1.68. The Bertz CT molecular complexity index is 461. The lowest BCUT2D eigenvalue weighted by Crippen LogP contribution is -2.50. The van der Waals surface area contributed by atoms with Crippen LogP contribution in [0, 0.1) is 0 Å². The molecule has 4 atom stereocenters. The SMILES string of the molecule is COC1O[C@@H]2COC(C)(C)O[C@@H]2[C@H]1OCc1ccccc1. The zero-order valence-electron chi connectivity index (χ0n) is 12.7. The van der Waals surface area contributed by atoms with Gasteiger partial charge in [-0.2, -0.15) is 0 Å². The van der Waals surface area contributed by atoms with E-state index in [0.29, 0.717) is 13.2 Å². The van der Waals surface area contributed by atoms with E-state index < -0.39 is 12.1 Å². The number of ether oxygens (including phenoxy) is 5. The smallest absolute Gasteiger partial charge is 0.186 e. The van der Waals surface area contributed by atoms with E-state index in [4.69, 9.17) is 23.7 Å². The number of fused-ring (bicyclic) bond motifs is 1. The van der Waals surface area contributed by atoms with Crippen LogP contribution in [-0.4, -0.2) is 44.1 Å². The van der Waals surface area contributed by atoms with Gasteiger partial charge in [-0.3, -0.25) is 0 Å². The molecule has 0 radical (unpaired) electrons. The Hall–Kier alpha value is -0.980. The van der Waals surface area contributed by atoms with E-state index in [1.807, 2.05) is 44.2 Å². The second kappa shape index (κ2) is 6.02. The molecule has 2 saturated heterocycles. The summed E-state index contributed by atoms with van der Waals surface area (Å²) < 4.78 is 28.8. The molecule has 3 rings (SSSR count). The molecule has 1 unspecified atom stereocenters. The van der Waals surface area contributed by atoms with E-state index in [-0.39, 0.29) is 18.3 Å². The van der Waals surface area contributed by atoms with Crippen LogP contribution in [0.1, 0.15) is 19.4 Å². The van der Waals surface area contributed by atoms with Gasteiger partial charge in [0.25, 0.3) is 0 Å². The summed E-state index contributed by atoms with van der Waals surface area (Å²) in [6, 6.07) is 10.0. The average Bonchev–Trinajstić information content (AvgIpc) is 2.82. The molecule has 0 spiro atoms. The fourth-order valence-corrected chi connectivity index (χ4v) is 2.74. The molecule has 2 aliphatic heterocycles. The van der Waals surface area contributed by atoms with Gasteiger partial charge < -0.3 is 23.7 Å². The third kappa shape index (κ3) is 3.27. The molecule has 116 valence electrons.